The third-order valence-electron chi connectivity index (χ3n) is 5.05. The van der Waals surface area contributed by atoms with E-state index in [4.69, 9.17) is 4.74 Å². The van der Waals surface area contributed by atoms with Crippen molar-refractivity contribution in [3.05, 3.63) is 106 Å². The van der Waals surface area contributed by atoms with Crippen LogP contribution in [0.3, 0.4) is 0 Å². The molecule has 5 rings (SSSR count). The Bertz CT molecular complexity index is 1370. The fourth-order valence-corrected chi connectivity index (χ4v) is 3.68. The van der Waals surface area contributed by atoms with Gasteiger partial charge in [0, 0.05) is 6.07 Å². The van der Waals surface area contributed by atoms with Crippen LogP contribution < -0.4 is 0 Å². The zero-order valence-electron chi connectivity index (χ0n) is 15.6. The summed E-state index contributed by atoms with van der Waals surface area (Å²) in [6, 6.07) is 24.0. The predicted octanol–water partition coefficient (Wildman–Crippen LogP) is 5.25. The Labute approximate surface area is 170 Å². The summed E-state index contributed by atoms with van der Waals surface area (Å²) < 4.78 is 5.29. The number of carbonyl (C=O) groups excluding carboxylic acids is 1. The number of nitro benzene ring substituents is 1. The highest BCUT2D eigenvalue weighted by molar-refractivity contribution is 6.16. The molecule has 0 saturated carbocycles. The standard InChI is InChI=1S/C24H14N2O4/c27-24-21(25-23(30-24)19-11-5-6-12-22(19)26(28)29)14-20-17-9-3-1-7-15(17)13-16-8-2-4-10-18(16)20/h1-14H. The Kier molecular flexibility index (Phi) is 4.10. The summed E-state index contributed by atoms with van der Waals surface area (Å²) in [5.74, 6) is -0.705. The Hall–Kier alpha value is -4.32. The Morgan fingerprint density at radius 3 is 2.13 bits per heavy atom. The minimum atomic E-state index is -0.639. The van der Waals surface area contributed by atoms with Crippen LogP contribution in [-0.2, 0) is 9.53 Å². The third kappa shape index (κ3) is 2.91. The van der Waals surface area contributed by atoms with Crippen molar-refractivity contribution in [3.8, 4) is 0 Å². The molecule has 4 aromatic rings. The highest BCUT2D eigenvalue weighted by atomic mass is 16.6. The second kappa shape index (κ2) is 6.93. The van der Waals surface area contributed by atoms with Crippen LogP contribution >= 0.6 is 0 Å². The molecule has 0 spiro atoms. The second-order valence-corrected chi connectivity index (χ2v) is 6.84. The number of carbonyl (C=O) groups is 1. The van der Waals surface area contributed by atoms with Gasteiger partial charge in [-0.1, -0.05) is 60.7 Å². The molecule has 0 amide bonds. The number of para-hydroxylation sites is 1. The number of cyclic esters (lactones) is 1. The van der Waals surface area contributed by atoms with E-state index in [1.807, 2.05) is 48.5 Å². The lowest BCUT2D eigenvalue weighted by Gasteiger charge is -2.08. The number of hydrogen-bond acceptors (Lipinski definition) is 5. The molecule has 0 atom stereocenters. The summed E-state index contributed by atoms with van der Waals surface area (Å²) in [4.78, 5) is 27.6. The molecule has 1 heterocycles. The molecular formula is C24H14N2O4. The number of benzene rings is 4. The van der Waals surface area contributed by atoms with Crippen molar-refractivity contribution in [1.82, 2.24) is 0 Å². The van der Waals surface area contributed by atoms with E-state index in [2.05, 4.69) is 11.1 Å². The van der Waals surface area contributed by atoms with Gasteiger partial charge in [-0.2, -0.15) is 0 Å². The summed E-state index contributed by atoms with van der Waals surface area (Å²) in [5, 5.41) is 15.4. The molecule has 1 aliphatic heterocycles. The maximum atomic E-state index is 12.5. The van der Waals surface area contributed by atoms with Crippen LogP contribution in [0.1, 0.15) is 11.1 Å². The number of aliphatic imine (C=N–C) groups is 1. The summed E-state index contributed by atoms with van der Waals surface area (Å²) in [6.07, 6.45) is 1.69. The molecule has 6 heteroatoms. The van der Waals surface area contributed by atoms with Crippen LogP contribution in [0.25, 0.3) is 27.6 Å². The number of ether oxygens (including phenoxy) is 1. The molecule has 0 radical (unpaired) electrons. The summed E-state index contributed by atoms with van der Waals surface area (Å²) >= 11 is 0. The lowest BCUT2D eigenvalue weighted by atomic mass is 9.96. The van der Waals surface area contributed by atoms with Crippen molar-refractivity contribution in [3.63, 3.8) is 0 Å². The first-order valence-electron chi connectivity index (χ1n) is 9.29. The number of nitro groups is 1. The minimum absolute atomic E-state index is 0.0666. The Morgan fingerprint density at radius 2 is 1.47 bits per heavy atom. The second-order valence-electron chi connectivity index (χ2n) is 6.84. The van der Waals surface area contributed by atoms with Crippen LogP contribution in [0.2, 0.25) is 0 Å². The number of nitrogens with zero attached hydrogens (tertiary/aromatic N) is 2. The SMILES string of the molecule is O=C1OC(c2ccccc2[N+](=O)[O-])=NC1=Cc1c2ccccc2cc2ccccc12. The first-order valence-corrected chi connectivity index (χ1v) is 9.29. The zero-order chi connectivity index (χ0) is 20.7. The van der Waals surface area contributed by atoms with Gasteiger partial charge >= 0.3 is 5.97 Å². The zero-order valence-corrected chi connectivity index (χ0v) is 15.6. The average Bonchev–Trinajstić information content (AvgIpc) is 3.13. The van der Waals surface area contributed by atoms with E-state index in [9.17, 15) is 14.9 Å². The predicted molar refractivity (Wildman–Crippen MR) is 115 cm³/mol. The first-order chi connectivity index (χ1) is 14.6. The largest absolute Gasteiger partial charge is 0.402 e. The molecule has 0 aliphatic carbocycles. The minimum Gasteiger partial charge on any atom is -0.402 e. The molecule has 0 unspecified atom stereocenters. The van der Waals surface area contributed by atoms with Crippen LogP contribution in [0.15, 0.2) is 89.6 Å². The fraction of sp³-hybridized carbons (Fsp3) is 0. The van der Waals surface area contributed by atoms with Crippen molar-refractivity contribution >= 4 is 45.2 Å². The third-order valence-corrected chi connectivity index (χ3v) is 5.05. The molecule has 6 nitrogen and oxygen atoms in total. The van der Waals surface area contributed by atoms with Gasteiger partial charge in [0.2, 0.25) is 5.90 Å². The summed E-state index contributed by atoms with van der Waals surface area (Å²) in [5.41, 5.74) is 0.954. The molecule has 30 heavy (non-hydrogen) atoms. The van der Waals surface area contributed by atoms with Crippen molar-refractivity contribution < 1.29 is 14.5 Å². The van der Waals surface area contributed by atoms with E-state index in [0.29, 0.717) is 0 Å². The van der Waals surface area contributed by atoms with Gasteiger partial charge < -0.3 is 4.74 Å². The van der Waals surface area contributed by atoms with Gasteiger partial charge in [-0.15, -0.1) is 0 Å². The van der Waals surface area contributed by atoms with Crippen LogP contribution in [-0.4, -0.2) is 16.8 Å². The molecule has 4 aromatic carbocycles. The van der Waals surface area contributed by atoms with E-state index in [1.54, 1.807) is 18.2 Å². The molecular weight excluding hydrogens is 380 g/mol. The van der Waals surface area contributed by atoms with Crippen LogP contribution in [0, 0.1) is 10.1 Å². The van der Waals surface area contributed by atoms with Gasteiger partial charge in [-0.05, 0) is 45.3 Å². The average molecular weight is 394 g/mol. The lowest BCUT2D eigenvalue weighted by Crippen LogP contribution is -2.07. The van der Waals surface area contributed by atoms with E-state index in [0.717, 1.165) is 27.1 Å². The summed E-state index contributed by atoms with van der Waals surface area (Å²) in [6.45, 7) is 0. The van der Waals surface area contributed by atoms with Crippen molar-refractivity contribution in [1.29, 1.82) is 0 Å². The topological polar surface area (TPSA) is 81.8 Å². The molecule has 0 N–H and O–H groups in total. The molecule has 0 fully saturated rings. The van der Waals surface area contributed by atoms with Gasteiger partial charge in [0.1, 0.15) is 5.56 Å². The van der Waals surface area contributed by atoms with Gasteiger partial charge in [-0.25, -0.2) is 9.79 Å². The number of fused-ring (bicyclic) bond motifs is 2. The Balaban J connectivity index is 1.71. The summed E-state index contributed by atoms with van der Waals surface area (Å²) in [7, 11) is 0. The molecule has 144 valence electrons. The molecule has 0 aromatic heterocycles. The van der Waals surface area contributed by atoms with Crippen LogP contribution in [0.5, 0.6) is 0 Å². The Morgan fingerprint density at radius 1 is 0.867 bits per heavy atom. The molecule has 1 aliphatic rings. The molecule has 0 bridgehead atoms. The maximum Gasteiger partial charge on any atom is 0.363 e. The van der Waals surface area contributed by atoms with Gasteiger partial charge in [0.15, 0.2) is 5.70 Å². The smallest absolute Gasteiger partial charge is 0.363 e. The number of hydrogen-bond donors (Lipinski definition) is 0. The van der Waals surface area contributed by atoms with Gasteiger partial charge in [0.25, 0.3) is 5.69 Å². The normalized spacial score (nSPS) is 14.9. The molecule has 0 saturated heterocycles. The van der Waals surface area contributed by atoms with E-state index >= 15 is 0 Å². The highest BCUT2D eigenvalue weighted by Gasteiger charge is 2.29. The first kappa shape index (κ1) is 17.8. The fourth-order valence-electron chi connectivity index (χ4n) is 3.68. The van der Waals surface area contributed by atoms with E-state index < -0.39 is 10.9 Å². The lowest BCUT2D eigenvalue weighted by molar-refractivity contribution is -0.385. The van der Waals surface area contributed by atoms with E-state index in [1.165, 1.54) is 12.1 Å². The van der Waals surface area contributed by atoms with Crippen LogP contribution in [0.4, 0.5) is 5.69 Å². The van der Waals surface area contributed by atoms with Gasteiger partial charge in [0.05, 0.1) is 4.92 Å². The van der Waals surface area contributed by atoms with Gasteiger partial charge in [-0.3, -0.25) is 10.1 Å². The highest BCUT2D eigenvalue weighted by Crippen LogP contribution is 2.32. The van der Waals surface area contributed by atoms with Crippen molar-refractivity contribution in [2.24, 2.45) is 4.99 Å². The number of esters is 1. The van der Waals surface area contributed by atoms with Crippen molar-refractivity contribution in [2.75, 3.05) is 0 Å². The maximum absolute atomic E-state index is 12.5. The van der Waals surface area contributed by atoms with Crippen molar-refractivity contribution in [2.45, 2.75) is 0 Å². The quantitative estimate of drug-likeness (QED) is 0.156. The number of rotatable bonds is 3. The van der Waals surface area contributed by atoms with E-state index in [-0.39, 0.29) is 22.8 Å². The monoisotopic (exact) mass is 394 g/mol.